The van der Waals surface area contributed by atoms with E-state index in [2.05, 4.69) is 0 Å². The minimum atomic E-state index is -0.840. The minimum Gasteiger partial charge on any atom is -0.426 e. The molecule has 0 unspecified atom stereocenters. The highest BCUT2D eigenvalue weighted by Crippen LogP contribution is 2.27. The molecule has 7 heteroatoms. The molecule has 0 N–H and O–H groups in total. The summed E-state index contributed by atoms with van der Waals surface area (Å²) in [6, 6.07) is 8.84. The van der Waals surface area contributed by atoms with Gasteiger partial charge in [-0.15, -0.1) is 0 Å². The number of rotatable bonds is 5. The van der Waals surface area contributed by atoms with Crippen molar-refractivity contribution in [2.24, 2.45) is 0 Å². The second-order valence-corrected chi connectivity index (χ2v) is 4.86. The molecule has 0 aromatic heterocycles. The first kappa shape index (κ1) is 16.9. The molecule has 0 radical (unpaired) electrons. The Hall–Kier alpha value is -2.47. The van der Waals surface area contributed by atoms with Gasteiger partial charge in [0, 0.05) is 6.07 Å². The van der Waals surface area contributed by atoms with Crippen molar-refractivity contribution in [2.75, 3.05) is 0 Å². The zero-order chi connectivity index (χ0) is 16.8. The van der Waals surface area contributed by atoms with E-state index in [1.165, 1.54) is 30.3 Å². The maximum atomic E-state index is 13.4. The summed E-state index contributed by atoms with van der Waals surface area (Å²) in [6.07, 6.45) is -0.639. The van der Waals surface area contributed by atoms with Crippen molar-refractivity contribution in [3.05, 3.63) is 59.1 Å². The first-order valence-electron chi connectivity index (χ1n) is 6.56. The van der Waals surface area contributed by atoms with Crippen LogP contribution in [0.3, 0.4) is 0 Å². The lowest BCUT2D eigenvalue weighted by molar-refractivity contribution is -0.140. The summed E-state index contributed by atoms with van der Waals surface area (Å²) in [7, 11) is 0. The van der Waals surface area contributed by atoms with Gasteiger partial charge in [-0.2, -0.15) is 0 Å². The summed E-state index contributed by atoms with van der Waals surface area (Å²) in [5.41, 5.74) is 0. The molecule has 0 aliphatic carbocycles. The predicted molar refractivity (Wildman–Crippen MR) is 78.3 cm³/mol. The van der Waals surface area contributed by atoms with E-state index < -0.39 is 29.3 Å². The standard InChI is InChI=1S/C16H11ClF2O4/c17-12-5-2-6-13(19)16(12)23-15(21)8-7-14(20)22-11-4-1-3-10(18)9-11/h1-6,9H,7-8H2. The molecular formula is C16H11ClF2O4. The van der Waals surface area contributed by atoms with E-state index in [1.807, 2.05) is 0 Å². The second kappa shape index (κ2) is 7.69. The van der Waals surface area contributed by atoms with E-state index in [-0.39, 0.29) is 23.6 Å². The van der Waals surface area contributed by atoms with Crippen molar-refractivity contribution in [1.82, 2.24) is 0 Å². The zero-order valence-electron chi connectivity index (χ0n) is 11.7. The van der Waals surface area contributed by atoms with Crippen molar-refractivity contribution in [3.8, 4) is 11.5 Å². The third kappa shape index (κ3) is 5.03. The lowest BCUT2D eigenvalue weighted by Crippen LogP contribution is -2.14. The Labute approximate surface area is 135 Å². The Morgan fingerprint density at radius 1 is 0.957 bits per heavy atom. The van der Waals surface area contributed by atoms with Gasteiger partial charge in [0.1, 0.15) is 11.6 Å². The van der Waals surface area contributed by atoms with E-state index in [0.29, 0.717) is 0 Å². The maximum Gasteiger partial charge on any atom is 0.311 e. The highest BCUT2D eigenvalue weighted by Gasteiger charge is 2.15. The van der Waals surface area contributed by atoms with Gasteiger partial charge in [-0.25, -0.2) is 8.78 Å². The van der Waals surface area contributed by atoms with Crippen LogP contribution in [0, 0.1) is 11.6 Å². The molecule has 0 aliphatic rings. The minimum absolute atomic E-state index is 0.0283. The van der Waals surface area contributed by atoms with Gasteiger partial charge in [-0.3, -0.25) is 9.59 Å². The van der Waals surface area contributed by atoms with E-state index >= 15 is 0 Å². The molecule has 2 aromatic carbocycles. The molecule has 0 atom stereocenters. The van der Waals surface area contributed by atoms with Crippen LogP contribution in [0.15, 0.2) is 42.5 Å². The average molecular weight is 341 g/mol. The summed E-state index contributed by atoms with van der Waals surface area (Å²) < 4.78 is 36.0. The summed E-state index contributed by atoms with van der Waals surface area (Å²) in [4.78, 5) is 23.2. The van der Waals surface area contributed by atoms with Crippen LogP contribution in [0.25, 0.3) is 0 Å². The molecule has 0 saturated carbocycles. The number of ether oxygens (including phenoxy) is 2. The monoisotopic (exact) mass is 340 g/mol. The van der Waals surface area contributed by atoms with Crippen LogP contribution in [0.4, 0.5) is 8.78 Å². The molecule has 4 nitrogen and oxygen atoms in total. The predicted octanol–water partition coefficient (Wildman–Crippen LogP) is 3.91. The van der Waals surface area contributed by atoms with Crippen molar-refractivity contribution >= 4 is 23.5 Å². The molecule has 23 heavy (non-hydrogen) atoms. The third-order valence-corrected chi connectivity index (χ3v) is 2.99. The molecule has 0 saturated heterocycles. The van der Waals surface area contributed by atoms with Gasteiger partial charge in [-0.05, 0) is 24.3 Å². The Morgan fingerprint density at radius 3 is 2.26 bits per heavy atom. The number of halogens is 3. The second-order valence-electron chi connectivity index (χ2n) is 4.46. The maximum absolute atomic E-state index is 13.4. The highest BCUT2D eigenvalue weighted by molar-refractivity contribution is 6.32. The molecule has 0 amide bonds. The highest BCUT2D eigenvalue weighted by atomic mass is 35.5. The molecule has 0 spiro atoms. The van der Waals surface area contributed by atoms with Crippen molar-refractivity contribution in [1.29, 1.82) is 0 Å². The molecule has 0 heterocycles. The van der Waals surface area contributed by atoms with Crippen LogP contribution in [0.2, 0.25) is 5.02 Å². The van der Waals surface area contributed by atoms with Crippen LogP contribution in [-0.4, -0.2) is 11.9 Å². The first-order valence-corrected chi connectivity index (χ1v) is 6.94. The van der Waals surface area contributed by atoms with Gasteiger partial charge in [0.15, 0.2) is 11.6 Å². The van der Waals surface area contributed by atoms with Crippen molar-refractivity contribution in [2.45, 2.75) is 12.8 Å². The summed E-state index contributed by atoms with van der Waals surface area (Å²) in [5.74, 6) is -3.28. The van der Waals surface area contributed by atoms with Gasteiger partial charge in [0.2, 0.25) is 0 Å². The average Bonchev–Trinajstić information content (AvgIpc) is 2.49. The third-order valence-electron chi connectivity index (χ3n) is 2.70. The van der Waals surface area contributed by atoms with Gasteiger partial charge in [-0.1, -0.05) is 23.7 Å². The Kier molecular flexibility index (Phi) is 5.65. The molecule has 0 bridgehead atoms. The lowest BCUT2D eigenvalue weighted by Gasteiger charge is -2.07. The summed E-state index contributed by atoms with van der Waals surface area (Å²) in [5, 5.41) is -0.0549. The SMILES string of the molecule is O=C(CCC(=O)Oc1c(F)cccc1Cl)Oc1cccc(F)c1. The van der Waals surface area contributed by atoms with Crippen LogP contribution >= 0.6 is 11.6 Å². The summed E-state index contributed by atoms with van der Waals surface area (Å²) in [6.45, 7) is 0. The topological polar surface area (TPSA) is 52.6 Å². The molecular weight excluding hydrogens is 330 g/mol. The van der Waals surface area contributed by atoms with Crippen molar-refractivity contribution in [3.63, 3.8) is 0 Å². The Balaban J connectivity index is 1.85. The molecule has 120 valence electrons. The van der Waals surface area contributed by atoms with Crippen LogP contribution in [-0.2, 0) is 9.59 Å². The molecule has 0 aliphatic heterocycles. The van der Waals surface area contributed by atoms with Gasteiger partial charge in [0.05, 0.1) is 17.9 Å². The summed E-state index contributed by atoms with van der Waals surface area (Å²) >= 11 is 5.71. The van der Waals surface area contributed by atoms with E-state index in [1.54, 1.807) is 0 Å². The van der Waals surface area contributed by atoms with E-state index in [9.17, 15) is 18.4 Å². The molecule has 2 aromatic rings. The van der Waals surface area contributed by atoms with Gasteiger partial charge >= 0.3 is 11.9 Å². The number of hydrogen-bond donors (Lipinski definition) is 0. The van der Waals surface area contributed by atoms with E-state index in [0.717, 1.165) is 12.1 Å². The Morgan fingerprint density at radius 2 is 1.61 bits per heavy atom. The van der Waals surface area contributed by atoms with Crippen LogP contribution in [0.5, 0.6) is 11.5 Å². The smallest absolute Gasteiger partial charge is 0.311 e. The number of esters is 2. The number of para-hydroxylation sites is 1. The van der Waals surface area contributed by atoms with Gasteiger partial charge in [0.25, 0.3) is 0 Å². The van der Waals surface area contributed by atoms with Gasteiger partial charge < -0.3 is 9.47 Å². The first-order chi connectivity index (χ1) is 11.0. The molecule has 0 fully saturated rings. The number of carbonyl (C=O) groups is 2. The number of hydrogen-bond acceptors (Lipinski definition) is 4. The number of benzene rings is 2. The van der Waals surface area contributed by atoms with Crippen molar-refractivity contribution < 1.29 is 27.8 Å². The number of carbonyl (C=O) groups excluding carboxylic acids is 2. The van der Waals surface area contributed by atoms with E-state index in [4.69, 9.17) is 21.1 Å². The fourth-order valence-corrected chi connectivity index (χ4v) is 1.86. The molecule has 2 rings (SSSR count). The fourth-order valence-electron chi connectivity index (χ4n) is 1.66. The quantitative estimate of drug-likeness (QED) is 0.611. The fraction of sp³-hybridized carbons (Fsp3) is 0.125. The van der Waals surface area contributed by atoms with Crippen LogP contribution in [0.1, 0.15) is 12.8 Å². The normalized spacial score (nSPS) is 10.2. The Bertz CT molecular complexity index is 714. The zero-order valence-corrected chi connectivity index (χ0v) is 12.5. The largest absolute Gasteiger partial charge is 0.426 e. The van der Waals surface area contributed by atoms with Crippen LogP contribution < -0.4 is 9.47 Å². The lowest BCUT2D eigenvalue weighted by atomic mass is 10.3.